The molecule has 1 N–H and O–H groups in total. The maximum Gasteiger partial charge on any atom is 0.247 e. The number of hydrogen-bond acceptors (Lipinski definition) is 3. The summed E-state index contributed by atoms with van der Waals surface area (Å²) in [5, 5.41) is 2.61. The molecule has 0 radical (unpaired) electrons. The summed E-state index contributed by atoms with van der Waals surface area (Å²) in [7, 11) is -4.31. The van der Waals surface area contributed by atoms with Crippen LogP contribution in [0.1, 0.15) is 11.6 Å². The number of carbonyl (C=O) groups is 1. The maximum absolute atomic E-state index is 14.0. The molecular weight excluding hydrogens is 338 g/mol. The molecule has 5 nitrogen and oxygen atoms in total. The largest absolute Gasteiger partial charge is 0.353 e. The molecule has 1 heterocycles. The molecule has 0 aromatic heterocycles. The molecule has 0 spiro atoms. The standard InChI is InChI=1S/C16H14F2N2O3S/c17-12-6-7-14(13(18)10-12)24(22,23)20-9-8-19-16(21)15(20)11-4-2-1-3-5-11/h1-7,10,15H,8-9H2,(H,19,21). The van der Waals surface area contributed by atoms with Crippen LogP contribution in [0.15, 0.2) is 53.4 Å². The van der Waals surface area contributed by atoms with Crippen LogP contribution in [0.5, 0.6) is 0 Å². The van der Waals surface area contributed by atoms with E-state index in [1.165, 1.54) is 0 Å². The van der Waals surface area contributed by atoms with Gasteiger partial charge in [0.2, 0.25) is 15.9 Å². The van der Waals surface area contributed by atoms with Crippen molar-refractivity contribution < 1.29 is 22.0 Å². The SMILES string of the molecule is O=C1NCCN(S(=O)(=O)c2ccc(F)cc2F)C1c1ccccc1. The molecule has 8 heteroatoms. The molecule has 1 saturated heterocycles. The summed E-state index contributed by atoms with van der Waals surface area (Å²) < 4.78 is 53.7. The summed E-state index contributed by atoms with van der Waals surface area (Å²) in [4.78, 5) is 11.6. The third-order valence-electron chi connectivity index (χ3n) is 3.76. The van der Waals surface area contributed by atoms with Crippen molar-refractivity contribution in [2.24, 2.45) is 0 Å². The molecular formula is C16H14F2N2O3S. The van der Waals surface area contributed by atoms with Crippen LogP contribution in [0.3, 0.4) is 0 Å². The lowest BCUT2D eigenvalue weighted by atomic mass is 10.1. The van der Waals surface area contributed by atoms with Crippen LogP contribution < -0.4 is 5.32 Å². The second kappa shape index (κ2) is 6.29. The number of nitrogens with zero attached hydrogens (tertiary/aromatic N) is 1. The van der Waals surface area contributed by atoms with Crippen LogP contribution >= 0.6 is 0 Å². The van der Waals surface area contributed by atoms with Crippen molar-refractivity contribution in [1.29, 1.82) is 0 Å². The summed E-state index contributed by atoms with van der Waals surface area (Å²) in [5.74, 6) is -2.55. The van der Waals surface area contributed by atoms with Crippen molar-refractivity contribution in [2.45, 2.75) is 10.9 Å². The van der Waals surface area contributed by atoms with Crippen LogP contribution in [0.4, 0.5) is 8.78 Å². The van der Waals surface area contributed by atoms with E-state index in [1.807, 2.05) is 0 Å². The lowest BCUT2D eigenvalue weighted by Crippen LogP contribution is -2.52. The number of amides is 1. The summed E-state index contributed by atoms with van der Waals surface area (Å²) in [6.45, 7) is 0.106. The van der Waals surface area contributed by atoms with Crippen molar-refractivity contribution in [2.75, 3.05) is 13.1 Å². The number of halogens is 2. The smallest absolute Gasteiger partial charge is 0.247 e. The minimum Gasteiger partial charge on any atom is -0.353 e. The quantitative estimate of drug-likeness (QED) is 0.916. The molecule has 2 aromatic carbocycles. The monoisotopic (exact) mass is 352 g/mol. The Balaban J connectivity index is 2.09. The molecule has 126 valence electrons. The first-order chi connectivity index (χ1) is 11.4. The van der Waals surface area contributed by atoms with Gasteiger partial charge in [0.1, 0.15) is 22.6 Å². The van der Waals surface area contributed by atoms with E-state index >= 15 is 0 Å². The predicted molar refractivity (Wildman–Crippen MR) is 82.4 cm³/mol. The van der Waals surface area contributed by atoms with Gasteiger partial charge < -0.3 is 5.32 Å². The van der Waals surface area contributed by atoms with Gasteiger partial charge in [0, 0.05) is 19.2 Å². The zero-order valence-corrected chi connectivity index (χ0v) is 13.3. The Hall–Kier alpha value is -2.32. The van der Waals surface area contributed by atoms with Crippen LogP contribution in [-0.2, 0) is 14.8 Å². The summed E-state index contributed by atoms with van der Waals surface area (Å²) >= 11 is 0. The van der Waals surface area contributed by atoms with E-state index in [-0.39, 0.29) is 13.1 Å². The minimum atomic E-state index is -4.31. The van der Waals surface area contributed by atoms with Gasteiger partial charge in [0.15, 0.2) is 0 Å². The maximum atomic E-state index is 14.0. The molecule has 1 aliphatic rings. The average Bonchev–Trinajstić information content (AvgIpc) is 2.55. The summed E-state index contributed by atoms with van der Waals surface area (Å²) in [5.41, 5.74) is 0.473. The Bertz CT molecular complexity index is 872. The molecule has 1 amide bonds. The fourth-order valence-electron chi connectivity index (χ4n) is 2.67. The Labute approximate surface area is 138 Å². The molecule has 1 unspecified atom stereocenters. The minimum absolute atomic E-state index is 0.00947. The van der Waals surface area contributed by atoms with E-state index < -0.39 is 38.5 Å². The van der Waals surface area contributed by atoms with Gasteiger partial charge in [-0.15, -0.1) is 0 Å². The van der Waals surface area contributed by atoms with Crippen molar-refractivity contribution in [3.05, 3.63) is 65.7 Å². The number of sulfonamides is 1. The first kappa shape index (κ1) is 16.5. The van der Waals surface area contributed by atoms with Gasteiger partial charge in [0.25, 0.3) is 0 Å². The van der Waals surface area contributed by atoms with Crippen LogP contribution in [-0.4, -0.2) is 31.7 Å². The second-order valence-corrected chi connectivity index (χ2v) is 7.15. The van der Waals surface area contributed by atoms with E-state index in [9.17, 15) is 22.0 Å². The first-order valence-electron chi connectivity index (χ1n) is 7.21. The molecule has 0 bridgehead atoms. The van der Waals surface area contributed by atoms with Crippen molar-refractivity contribution in [3.63, 3.8) is 0 Å². The molecule has 0 saturated carbocycles. The van der Waals surface area contributed by atoms with Crippen molar-refractivity contribution >= 4 is 15.9 Å². The summed E-state index contributed by atoms with van der Waals surface area (Å²) in [6.07, 6.45) is 0. The number of nitrogens with one attached hydrogen (secondary N) is 1. The van der Waals surface area contributed by atoms with Crippen LogP contribution in [0.2, 0.25) is 0 Å². The number of carbonyl (C=O) groups excluding carboxylic acids is 1. The molecule has 1 aliphatic heterocycles. The molecule has 1 fully saturated rings. The van der Waals surface area contributed by atoms with Crippen LogP contribution in [0.25, 0.3) is 0 Å². The number of benzene rings is 2. The Morgan fingerprint density at radius 3 is 2.46 bits per heavy atom. The van der Waals surface area contributed by atoms with Gasteiger partial charge in [-0.05, 0) is 17.7 Å². The lowest BCUT2D eigenvalue weighted by molar-refractivity contribution is -0.126. The van der Waals surface area contributed by atoms with Gasteiger partial charge in [-0.3, -0.25) is 4.79 Å². The topological polar surface area (TPSA) is 66.5 Å². The Morgan fingerprint density at radius 1 is 1.08 bits per heavy atom. The number of rotatable bonds is 3. The van der Waals surface area contributed by atoms with E-state index in [0.29, 0.717) is 11.6 Å². The highest BCUT2D eigenvalue weighted by atomic mass is 32.2. The Morgan fingerprint density at radius 2 is 1.79 bits per heavy atom. The molecule has 3 rings (SSSR count). The van der Waals surface area contributed by atoms with Crippen LogP contribution in [0, 0.1) is 11.6 Å². The third kappa shape index (κ3) is 2.90. The molecule has 0 aliphatic carbocycles. The summed E-state index contributed by atoms with van der Waals surface area (Å²) in [6, 6.07) is 9.50. The van der Waals surface area contributed by atoms with E-state index in [4.69, 9.17) is 0 Å². The Kier molecular flexibility index (Phi) is 4.33. The van der Waals surface area contributed by atoms with E-state index in [2.05, 4.69) is 5.32 Å². The zero-order valence-electron chi connectivity index (χ0n) is 12.4. The van der Waals surface area contributed by atoms with Gasteiger partial charge in [-0.1, -0.05) is 30.3 Å². The van der Waals surface area contributed by atoms with Crippen molar-refractivity contribution in [3.8, 4) is 0 Å². The third-order valence-corrected chi connectivity index (χ3v) is 5.66. The van der Waals surface area contributed by atoms with Gasteiger partial charge in [-0.2, -0.15) is 4.31 Å². The van der Waals surface area contributed by atoms with E-state index in [0.717, 1.165) is 16.4 Å². The second-order valence-electron chi connectivity index (χ2n) is 5.29. The van der Waals surface area contributed by atoms with Gasteiger partial charge >= 0.3 is 0 Å². The first-order valence-corrected chi connectivity index (χ1v) is 8.65. The lowest BCUT2D eigenvalue weighted by Gasteiger charge is -2.34. The molecule has 2 aromatic rings. The van der Waals surface area contributed by atoms with E-state index in [1.54, 1.807) is 30.3 Å². The molecule has 1 atom stereocenters. The highest BCUT2D eigenvalue weighted by Crippen LogP contribution is 2.30. The van der Waals surface area contributed by atoms with Gasteiger partial charge in [-0.25, -0.2) is 17.2 Å². The van der Waals surface area contributed by atoms with Crippen molar-refractivity contribution in [1.82, 2.24) is 9.62 Å². The van der Waals surface area contributed by atoms with Gasteiger partial charge in [0.05, 0.1) is 0 Å². The molecule has 24 heavy (non-hydrogen) atoms. The predicted octanol–water partition coefficient (Wildman–Crippen LogP) is 1.83. The highest BCUT2D eigenvalue weighted by molar-refractivity contribution is 7.89. The number of hydrogen-bond donors (Lipinski definition) is 1. The average molecular weight is 352 g/mol. The normalized spacial score (nSPS) is 19.1. The fourth-order valence-corrected chi connectivity index (χ4v) is 4.29. The fraction of sp³-hybridized carbons (Fsp3) is 0.188. The zero-order chi connectivity index (χ0) is 17.3. The highest BCUT2D eigenvalue weighted by Gasteiger charge is 2.40. The number of piperazine rings is 1.